The van der Waals surface area contributed by atoms with Gasteiger partial charge in [-0.15, -0.1) is 0 Å². The van der Waals surface area contributed by atoms with E-state index < -0.39 is 11.3 Å². The van der Waals surface area contributed by atoms with Crippen LogP contribution in [-0.2, 0) is 9.59 Å². The summed E-state index contributed by atoms with van der Waals surface area (Å²) in [6.07, 6.45) is 0. The van der Waals surface area contributed by atoms with Crippen LogP contribution in [0.25, 0.3) is 0 Å². The summed E-state index contributed by atoms with van der Waals surface area (Å²) in [5.41, 5.74) is 6.16. The van der Waals surface area contributed by atoms with E-state index in [-0.39, 0.29) is 12.5 Å². The van der Waals surface area contributed by atoms with Gasteiger partial charge in [-0.05, 0) is 31.0 Å². The van der Waals surface area contributed by atoms with E-state index in [1.54, 1.807) is 20.8 Å². The van der Waals surface area contributed by atoms with Gasteiger partial charge in [0.1, 0.15) is 5.75 Å². The molecule has 110 valence electrons. The molecule has 0 spiro atoms. The van der Waals surface area contributed by atoms with Crippen molar-refractivity contribution in [1.82, 2.24) is 10.9 Å². The van der Waals surface area contributed by atoms with E-state index in [2.05, 4.69) is 10.9 Å². The van der Waals surface area contributed by atoms with Gasteiger partial charge in [0.15, 0.2) is 6.61 Å². The first-order valence-corrected chi connectivity index (χ1v) is 6.49. The highest BCUT2D eigenvalue weighted by Crippen LogP contribution is 2.18. The average molecular weight is 278 g/mol. The van der Waals surface area contributed by atoms with Crippen molar-refractivity contribution < 1.29 is 14.3 Å². The van der Waals surface area contributed by atoms with E-state index in [1.165, 1.54) is 0 Å². The smallest absolute Gasteiger partial charge is 0.276 e. The van der Waals surface area contributed by atoms with E-state index in [1.807, 2.05) is 32.0 Å². The Kier molecular flexibility index (Phi) is 5.13. The molecule has 20 heavy (non-hydrogen) atoms. The molecule has 0 bridgehead atoms. The Labute approximate surface area is 119 Å². The molecule has 0 unspecified atom stereocenters. The maximum absolute atomic E-state index is 11.6. The number of amides is 2. The number of carbonyl (C=O) groups excluding carboxylic acids is 2. The number of nitrogens with one attached hydrogen (secondary N) is 2. The van der Waals surface area contributed by atoms with Crippen molar-refractivity contribution in [3.05, 3.63) is 29.3 Å². The molecule has 0 fully saturated rings. The maximum atomic E-state index is 11.6. The summed E-state index contributed by atoms with van der Waals surface area (Å²) in [6, 6.07) is 5.78. The third-order valence-corrected chi connectivity index (χ3v) is 2.70. The molecule has 5 nitrogen and oxygen atoms in total. The quantitative estimate of drug-likeness (QED) is 0.830. The van der Waals surface area contributed by atoms with Gasteiger partial charge in [0.25, 0.3) is 5.91 Å². The number of rotatable bonds is 3. The van der Waals surface area contributed by atoms with Crippen molar-refractivity contribution in [3.8, 4) is 5.75 Å². The molecule has 1 aromatic rings. The number of benzene rings is 1. The van der Waals surface area contributed by atoms with Gasteiger partial charge in [0, 0.05) is 5.41 Å². The second-order valence-electron chi connectivity index (χ2n) is 5.81. The van der Waals surface area contributed by atoms with Crippen LogP contribution in [0.5, 0.6) is 5.75 Å². The van der Waals surface area contributed by atoms with Crippen LogP contribution in [-0.4, -0.2) is 18.4 Å². The van der Waals surface area contributed by atoms with Gasteiger partial charge in [-0.3, -0.25) is 20.4 Å². The van der Waals surface area contributed by atoms with Crippen LogP contribution in [0.15, 0.2) is 18.2 Å². The fourth-order valence-corrected chi connectivity index (χ4v) is 1.36. The molecule has 2 amide bonds. The molecule has 0 atom stereocenters. The minimum Gasteiger partial charge on any atom is -0.483 e. The van der Waals surface area contributed by atoms with Gasteiger partial charge in [0.2, 0.25) is 5.91 Å². The lowest BCUT2D eigenvalue weighted by Crippen LogP contribution is -2.48. The standard InChI is InChI=1S/C15H22N2O3/c1-10-6-7-11(2)12(8-10)20-9-13(18)16-17-14(19)15(3,4)5/h6-8H,9H2,1-5H3,(H,16,18)(H,17,19). The van der Waals surface area contributed by atoms with Crippen molar-refractivity contribution in [2.24, 2.45) is 5.41 Å². The Morgan fingerprint density at radius 2 is 1.80 bits per heavy atom. The van der Waals surface area contributed by atoms with Crippen molar-refractivity contribution in [3.63, 3.8) is 0 Å². The largest absolute Gasteiger partial charge is 0.483 e. The highest BCUT2D eigenvalue weighted by atomic mass is 16.5. The summed E-state index contributed by atoms with van der Waals surface area (Å²) < 4.78 is 5.43. The van der Waals surface area contributed by atoms with Crippen LogP contribution < -0.4 is 15.6 Å². The zero-order valence-electron chi connectivity index (χ0n) is 12.7. The van der Waals surface area contributed by atoms with Crippen LogP contribution >= 0.6 is 0 Å². The summed E-state index contributed by atoms with van der Waals surface area (Å²) >= 11 is 0. The first kappa shape index (κ1) is 16.0. The Morgan fingerprint density at radius 1 is 1.15 bits per heavy atom. The minimum atomic E-state index is -0.554. The molecule has 0 aromatic heterocycles. The Morgan fingerprint density at radius 3 is 2.40 bits per heavy atom. The predicted octanol–water partition coefficient (Wildman–Crippen LogP) is 1.88. The predicted molar refractivity (Wildman–Crippen MR) is 77.2 cm³/mol. The second-order valence-corrected chi connectivity index (χ2v) is 5.81. The normalized spacial score (nSPS) is 10.8. The Balaban J connectivity index is 2.44. The molecule has 0 aliphatic heterocycles. The molecule has 0 saturated heterocycles. The third kappa shape index (κ3) is 4.91. The fraction of sp³-hybridized carbons (Fsp3) is 0.467. The maximum Gasteiger partial charge on any atom is 0.276 e. The number of ether oxygens (including phenoxy) is 1. The Hall–Kier alpha value is -2.04. The fourth-order valence-electron chi connectivity index (χ4n) is 1.36. The van der Waals surface area contributed by atoms with Gasteiger partial charge in [-0.25, -0.2) is 0 Å². The summed E-state index contributed by atoms with van der Waals surface area (Å²) in [4.78, 5) is 23.2. The van der Waals surface area contributed by atoms with Crippen LogP contribution in [0.2, 0.25) is 0 Å². The average Bonchev–Trinajstić information content (AvgIpc) is 2.35. The summed E-state index contributed by atoms with van der Waals surface area (Å²) in [6.45, 7) is 9.02. The van der Waals surface area contributed by atoms with Gasteiger partial charge in [0.05, 0.1) is 0 Å². The number of aryl methyl sites for hydroxylation is 2. The molecule has 0 radical (unpaired) electrons. The van der Waals surface area contributed by atoms with Crippen molar-refractivity contribution >= 4 is 11.8 Å². The van der Waals surface area contributed by atoms with E-state index in [0.717, 1.165) is 11.1 Å². The molecular weight excluding hydrogens is 256 g/mol. The molecule has 5 heteroatoms. The van der Waals surface area contributed by atoms with Crippen LogP contribution in [0, 0.1) is 19.3 Å². The van der Waals surface area contributed by atoms with Gasteiger partial charge in [-0.1, -0.05) is 32.9 Å². The number of hydrogen-bond donors (Lipinski definition) is 2. The second kappa shape index (κ2) is 6.41. The van der Waals surface area contributed by atoms with E-state index >= 15 is 0 Å². The lowest BCUT2D eigenvalue weighted by Gasteiger charge is -2.18. The van der Waals surface area contributed by atoms with Crippen molar-refractivity contribution in [2.45, 2.75) is 34.6 Å². The van der Waals surface area contributed by atoms with E-state index in [9.17, 15) is 9.59 Å². The van der Waals surface area contributed by atoms with Gasteiger partial charge in [-0.2, -0.15) is 0 Å². The van der Waals surface area contributed by atoms with Crippen molar-refractivity contribution in [2.75, 3.05) is 6.61 Å². The number of carbonyl (C=O) groups is 2. The number of hydrogen-bond acceptors (Lipinski definition) is 3. The van der Waals surface area contributed by atoms with Crippen LogP contribution in [0.1, 0.15) is 31.9 Å². The molecule has 1 rings (SSSR count). The lowest BCUT2D eigenvalue weighted by atomic mass is 9.96. The zero-order valence-corrected chi connectivity index (χ0v) is 12.7. The summed E-state index contributed by atoms with van der Waals surface area (Å²) in [7, 11) is 0. The monoisotopic (exact) mass is 278 g/mol. The number of hydrazine groups is 1. The SMILES string of the molecule is Cc1ccc(C)c(OCC(=O)NNC(=O)C(C)(C)C)c1. The molecule has 2 N–H and O–H groups in total. The zero-order chi connectivity index (χ0) is 15.3. The minimum absolute atomic E-state index is 0.144. The molecule has 0 aliphatic rings. The highest BCUT2D eigenvalue weighted by Gasteiger charge is 2.21. The lowest BCUT2D eigenvalue weighted by molar-refractivity contribution is -0.134. The van der Waals surface area contributed by atoms with Crippen molar-refractivity contribution in [1.29, 1.82) is 0 Å². The van der Waals surface area contributed by atoms with E-state index in [4.69, 9.17) is 4.74 Å². The van der Waals surface area contributed by atoms with E-state index in [0.29, 0.717) is 5.75 Å². The first-order chi connectivity index (χ1) is 9.20. The molecule has 1 aromatic carbocycles. The molecule has 0 saturated carbocycles. The Bertz CT molecular complexity index is 504. The topological polar surface area (TPSA) is 67.4 Å². The van der Waals surface area contributed by atoms with Gasteiger partial charge < -0.3 is 4.74 Å². The highest BCUT2D eigenvalue weighted by molar-refractivity contribution is 5.85. The molecular formula is C15H22N2O3. The van der Waals surface area contributed by atoms with Crippen LogP contribution in [0.3, 0.4) is 0 Å². The van der Waals surface area contributed by atoms with Crippen LogP contribution in [0.4, 0.5) is 0 Å². The molecule has 0 aliphatic carbocycles. The first-order valence-electron chi connectivity index (χ1n) is 6.49. The summed E-state index contributed by atoms with van der Waals surface area (Å²) in [5, 5.41) is 0. The summed E-state index contributed by atoms with van der Waals surface area (Å²) in [5.74, 6) is 0.0170. The molecule has 0 heterocycles. The van der Waals surface area contributed by atoms with Gasteiger partial charge >= 0.3 is 0 Å². The third-order valence-electron chi connectivity index (χ3n) is 2.70.